The molecule has 0 atom stereocenters. The van der Waals surface area contributed by atoms with Crippen LogP contribution in [0.15, 0.2) is 48.5 Å². The molecule has 2 aromatic rings. The Morgan fingerprint density at radius 1 is 1.12 bits per heavy atom. The van der Waals surface area contributed by atoms with E-state index in [0.29, 0.717) is 5.75 Å². The zero-order chi connectivity index (χ0) is 17.5. The highest BCUT2D eigenvalue weighted by atomic mass is 16.5. The van der Waals surface area contributed by atoms with Gasteiger partial charge in [-0.1, -0.05) is 12.1 Å². The van der Waals surface area contributed by atoms with E-state index in [1.807, 2.05) is 48.5 Å². The van der Waals surface area contributed by atoms with Gasteiger partial charge in [-0.15, -0.1) is 0 Å². The molecule has 1 amide bonds. The summed E-state index contributed by atoms with van der Waals surface area (Å²) in [6, 6.07) is 15.4. The van der Waals surface area contributed by atoms with E-state index in [-0.39, 0.29) is 12.5 Å². The lowest BCUT2D eigenvalue weighted by molar-refractivity contribution is -0.114. The number of rotatable bonds is 6. The van der Waals surface area contributed by atoms with Gasteiger partial charge in [0.1, 0.15) is 5.75 Å². The Labute approximate surface area is 147 Å². The third kappa shape index (κ3) is 4.64. The van der Waals surface area contributed by atoms with Crippen LogP contribution in [0.1, 0.15) is 0 Å². The summed E-state index contributed by atoms with van der Waals surface area (Å²) in [6.45, 7) is 3.48. The lowest BCUT2D eigenvalue weighted by Gasteiger charge is -2.28. The number of nitrogens with one attached hydrogen (secondary N) is 2. The Bertz CT molecular complexity index is 697. The average Bonchev–Trinajstić information content (AvgIpc) is 2.68. The fourth-order valence-corrected chi connectivity index (χ4v) is 2.75. The Kier molecular flexibility index (Phi) is 5.74. The van der Waals surface area contributed by atoms with Crippen LogP contribution in [0, 0.1) is 0 Å². The number of carbonyl (C=O) groups is 1. The molecule has 2 N–H and O–H groups in total. The molecule has 6 nitrogen and oxygen atoms in total. The first kappa shape index (κ1) is 17.1. The predicted molar refractivity (Wildman–Crippen MR) is 99.6 cm³/mol. The molecule has 3 rings (SSSR count). The van der Waals surface area contributed by atoms with Gasteiger partial charge in [-0.25, -0.2) is 0 Å². The molecule has 1 saturated heterocycles. The molecule has 0 aliphatic carbocycles. The molecule has 2 aromatic carbocycles. The Hall–Kier alpha value is -2.73. The van der Waals surface area contributed by atoms with Gasteiger partial charge in [-0.2, -0.15) is 0 Å². The molecule has 0 bridgehead atoms. The van der Waals surface area contributed by atoms with Crippen molar-refractivity contribution >= 4 is 23.0 Å². The second-order valence-electron chi connectivity index (χ2n) is 5.75. The number of carbonyl (C=O) groups excluding carboxylic acids is 1. The molecule has 1 fully saturated rings. The van der Waals surface area contributed by atoms with Gasteiger partial charge < -0.3 is 25.0 Å². The Balaban J connectivity index is 1.52. The van der Waals surface area contributed by atoms with Crippen molar-refractivity contribution in [3.8, 4) is 5.75 Å². The van der Waals surface area contributed by atoms with E-state index in [1.54, 1.807) is 7.11 Å². The zero-order valence-electron chi connectivity index (χ0n) is 14.3. The number of nitrogens with zero attached hydrogens (tertiary/aromatic N) is 1. The average molecular weight is 341 g/mol. The first-order chi connectivity index (χ1) is 12.3. The van der Waals surface area contributed by atoms with Crippen molar-refractivity contribution in [3.63, 3.8) is 0 Å². The second-order valence-corrected chi connectivity index (χ2v) is 5.75. The van der Waals surface area contributed by atoms with Crippen LogP contribution >= 0.6 is 0 Å². The van der Waals surface area contributed by atoms with Crippen molar-refractivity contribution in [2.75, 3.05) is 55.5 Å². The van der Waals surface area contributed by atoms with Crippen molar-refractivity contribution in [3.05, 3.63) is 48.5 Å². The van der Waals surface area contributed by atoms with Crippen LogP contribution in [-0.2, 0) is 9.53 Å². The van der Waals surface area contributed by atoms with Gasteiger partial charge >= 0.3 is 0 Å². The first-order valence-corrected chi connectivity index (χ1v) is 8.36. The van der Waals surface area contributed by atoms with Gasteiger partial charge in [0.2, 0.25) is 5.91 Å². The standard InChI is InChI=1S/C19H23N3O3/c1-24-18-5-3-2-4-17(18)20-14-19(23)21-15-6-8-16(9-7-15)22-10-12-25-13-11-22/h2-9,20H,10-14H2,1H3,(H,21,23). The first-order valence-electron chi connectivity index (χ1n) is 8.36. The summed E-state index contributed by atoms with van der Waals surface area (Å²) in [4.78, 5) is 14.4. The lowest BCUT2D eigenvalue weighted by Crippen LogP contribution is -2.36. The van der Waals surface area contributed by atoms with Crippen molar-refractivity contribution in [2.24, 2.45) is 0 Å². The van der Waals surface area contributed by atoms with E-state index in [9.17, 15) is 4.79 Å². The minimum absolute atomic E-state index is 0.106. The highest BCUT2D eigenvalue weighted by Crippen LogP contribution is 2.23. The molecular formula is C19H23N3O3. The third-order valence-electron chi connectivity index (χ3n) is 4.07. The van der Waals surface area contributed by atoms with Crippen LogP contribution in [-0.4, -0.2) is 45.9 Å². The number of hydrogen-bond donors (Lipinski definition) is 2. The summed E-state index contributed by atoms with van der Waals surface area (Å²) in [5.74, 6) is 0.607. The largest absolute Gasteiger partial charge is 0.495 e. The van der Waals surface area contributed by atoms with Gasteiger partial charge in [0.05, 0.1) is 32.6 Å². The van der Waals surface area contributed by atoms with Crippen LogP contribution in [0.4, 0.5) is 17.1 Å². The molecular weight excluding hydrogens is 318 g/mol. The fraction of sp³-hybridized carbons (Fsp3) is 0.316. The van der Waals surface area contributed by atoms with Crippen LogP contribution in [0.2, 0.25) is 0 Å². The molecule has 0 radical (unpaired) electrons. The monoisotopic (exact) mass is 341 g/mol. The van der Waals surface area contributed by atoms with Gasteiger partial charge in [-0.3, -0.25) is 4.79 Å². The number of para-hydroxylation sites is 2. The normalized spacial score (nSPS) is 14.0. The minimum atomic E-state index is -0.106. The van der Waals surface area contributed by atoms with Crippen LogP contribution < -0.4 is 20.3 Å². The highest BCUT2D eigenvalue weighted by molar-refractivity contribution is 5.94. The van der Waals surface area contributed by atoms with E-state index >= 15 is 0 Å². The molecule has 132 valence electrons. The quantitative estimate of drug-likeness (QED) is 0.846. The summed E-state index contributed by atoms with van der Waals surface area (Å²) in [6.07, 6.45) is 0. The Morgan fingerprint density at radius 3 is 2.56 bits per heavy atom. The summed E-state index contributed by atoms with van der Waals surface area (Å²) < 4.78 is 10.6. The zero-order valence-corrected chi connectivity index (χ0v) is 14.3. The number of hydrogen-bond acceptors (Lipinski definition) is 5. The van der Waals surface area contributed by atoms with Crippen molar-refractivity contribution in [2.45, 2.75) is 0 Å². The molecule has 1 heterocycles. The molecule has 6 heteroatoms. The number of ether oxygens (including phenoxy) is 2. The van der Waals surface area contributed by atoms with E-state index in [2.05, 4.69) is 15.5 Å². The maximum Gasteiger partial charge on any atom is 0.243 e. The summed E-state index contributed by atoms with van der Waals surface area (Å²) in [5, 5.41) is 5.98. The summed E-state index contributed by atoms with van der Waals surface area (Å²) in [5.41, 5.74) is 2.72. The molecule has 25 heavy (non-hydrogen) atoms. The number of anilines is 3. The maximum absolute atomic E-state index is 12.1. The smallest absolute Gasteiger partial charge is 0.243 e. The van der Waals surface area contributed by atoms with E-state index in [0.717, 1.165) is 43.4 Å². The van der Waals surface area contributed by atoms with Crippen molar-refractivity contribution in [1.29, 1.82) is 0 Å². The minimum Gasteiger partial charge on any atom is -0.495 e. The lowest BCUT2D eigenvalue weighted by atomic mass is 10.2. The molecule has 0 saturated carbocycles. The van der Waals surface area contributed by atoms with Crippen molar-refractivity contribution in [1.82, 2.24) is 0 Å². The number of benzene rings is 2. The van der Waals surface area contributed by atoms with E-state index in [4.69, 9.17) is 9.47 Å². The Morgan fingerprint density at radius 2 is 1.84 bits per heavy atom. The molecule has 0 spiro atoms. The van der Waals surface area contributed by atoms with E-state index in [1.165, 1.54) is 0 Å². The second kappa shape index (κ2) is 8.39. The van der Waals surface area contributed by atoms with Gasteiger partial charge in [0, 0.05) is 24.5 Å². The molecule has 1 aliphatic heterocycles. The number of morpholine rings is 1. The maximum atomic E-state index is 12.1. The highest BCUT2D eigenvalue weighted by Gasteiger charge is 2.11. The van der Waals surface area contributed by atoms with Gasteiger partial charge in [0.15, 0.2) is 0 Å². The number of amides is 1. The fourth-order valence-electron chi connectivity index (χ4n) is 2.75. The molecule has 1 aliphatic rings. The van der Waals surface area contributed by atoms with Crippen LogP contribution in [0.25, 0.3) is 0 Å². The van der Waals surface area contributed by atoms with Gasteiger partial charge in [-0.05, 0) is 36.4 Å². The predicted octanol–water partition coefficient (Wildman–Crippen LogP) is 2.58. The summed E-state index contributed by atoms with van der Waals surface area (Å²) >= 11 is 0. The summed E-state index contributed by atoms with van der Waals surface area (Å²) in [7, 11) is 1.61. The van der Waals surface area contributed by atoms with Crippen LogP contribution in [0.3, 0.4) is 0 Å². The molecule has 0 aromatic heterocycles. The van der Waals surface area contributed by atoms with Crippen molar-refractivity contribution < 1.29 is 14.3 Å². The van der Waals surface area contributed by atoms with Gasteiger partial charge in [0.25, 0.3) is 0 Å². The number of methoxy groups -OCH3 is 1. The van der Waals surface area contributed by atoms with Crippen LogP contribution in [0.5, 0.6) is 5.75 Å². The SMILES string of the molecule is COc1ccccc1NCC(=O)Nc1ccc(N2CCOCC2)cc1. The molecule has 0 unspecified atom stereocenters. The van der Waals surface area contributed by atoms with E-state index < -0.39 is 0 Å². The topological polar surface area (TPSA) is 62.8 Å². The third-order valence-corrected chi connectivity index (χ3v) is 4.07.